The average molecular weight is 637 g/mol. The van der Waals surface area contributed by atoms with Gasteiger partial charge in [-0.3, -0.25) is 25.8 Å². The molecule has 36 heavy (non-hydrogen) atoms. The van der Waals surface area contributed by atoms with E-state index >= 15 is 0 Å². The van der Waals surface area contributed by atoms with E-state index in [-0.39, 0.29) is 11.7 Å². The molecule has 0 atom stereocenters. The molecule has 0 radical (unpaired) electrons. The van der Waals surface area contributed by atoms with E-state index < -0.39 is 11.8 Å². The number of thiocarbonyl (C=S) groups is 1. The van der Waals surface area contributed by atoms with E-state index in [4.69, 9.17) is 21.7 Å². The minimum atomic E-state index is -0.467. The van der Waals surface area contributed by atoms with Gasteiger partial charge in [0.05, 0.1) is 16.6 Å². The first-order chi connectivity index (χ1) is 17.4. The number of carbonyl (C=O) groups excluding carboxylic acids is 2. The number of halogens is 2. The highest BCUT2D eigenvalue weighted by Crippen LogP contribution is 2.33. The van der Waals surface area contributed by atoms with Gasteiger partial charge in [-0.25, -0.2) is 0 Å². The second kappa shape index (κ2) is 14.2. The van der Waals surface area contributed by atoms with Crippen molar-refractivity contribution in [3.8, 4) is 11.5 Å². The van der Waals surface area contributed by atoms with Crippen LogP contribution in [0.3, 0.4) is 0 Å². The Kier molecular flexibility index (Phi) is 11.0. The van der Waals surface area contributed by atoms with Crippen LogP contribution < -0.4 is 25.6 Å². The van der Waals surface area contributed by atoms with Crippen molar-refractivity contribution < 1.29 is 19.1 Å². The van der Waals surface area contributed by atoms with Crippen LogP contribution in [0.1, 0.15) is 43.0 Å². The summed E-state index contributed by atoms with van der Waals surface area (Å²) in [7, 11) is 0. The van der Waals surface area contributed by atoms with Gasteiger partial charge in [-0.2, -0.15) is 0 Å². The lowest BCUT2D eigenvalue weighted by molar-refractivity contribution is -0.123. The molecular formula is C26H27Br2N3O4S. The van der Waals surface area contributed by atoms with Crippen LogP contribution >= 0.6 is 44.1 Å². The second-order valence-corrected chi connectivity index (χ2v) is 10.0. The lowest BCUT2D eigenvalue weighted by atomic mass is 10.1. The normalized spacial score (nSPS) is 10.5. The van der Waals surface area contributed by atoms with E-state index in [0.717, 1.165) is 45.4 Å². The number of carbonyl (C=O) groups is 2. The van der Waals surface area contributed by atoms with Crippen molar-refractivity contribution in [2.75, 3.05) is 13.2 Å². The Hall–Kier alpha value is -2.69. The summed E-state index contributed by atoms with van der Waals surface area (Å²) in [6, 6.07) is 16.8. The molecule has 7 nitrogen and oxygen atoms in total. The number of nitrogens with one attached hydrogen (secondary N) is 3. The van der Waals surface area contributed by atoms with E-state index in [2.05, 4.69) is 55.0 Å². The number of rotatable bonds is 10. The number of hydrazine groups is 1. The fraction of sp³-hybridized carbons (Fsp3) is 0.269. The molecule has 0 aromatic heterocycles. The van der Waals surface area contributed by atoms with Gasteiger partial charge in [-0.05, 0) is 69.6 Å². The number of unbranched alkanes of at least 4 members (excludes halogenated alkanes) is 3. The van der Waals surface area contributed by atoms with Crippen LogP contribution in [0.25, 0.3) is 10.8 Å². The Balaban J connectivity index is 1.48. The highest BCUT2D eigenvalue weighted by atomic mass is 79.9. The van der Waals surface area contributed by atoms with Crippen LogP contribution in [0.15, 0.2) is 63.5 Å². The van der Waals surface area contributed by atoms with Crippen molar-refractivity contribution in [2.45, 2.75) is 32.6 Å². The van der Waals surface area contributed by atoms with Crippen molar-refractivity contribution in [2.24, 2.45) is 0 Å². The SMILES string of the molecule is CCCCCCOc1ccc(Br)cc1C(=O)NC(=S)NNC(=O)COc1ccc2ccccc2c1Br. The summed E-state index contributed by atoms with van der Waals surface area (Å²) in [4.78, 5) is 25.0. The molecule has 3 rings (SSSR count). The van der Waals surface area contributed by atoms with Gasteiger partial charge in [0.1, 0.15) is 11.5 Å². The molecule has 190 valence electrons. The molecule has 2 amide bonds. The number of fused-ring (bicyclic) bond motifs is 1. The maximum atomic E-state index is 12.8. The van der Waals surface area contributed by atoms with Gasteiger partial charge in [-0.1, -0.05) is 72.4 Å². The van der Waals surface area contributed by atoms with Gasteiger partial charge in [0.2, 0.25) is 0 Å². The lowest BCUT2D eigenvalue weighted by Gasteiger charge is -2.14. The minimum absolute atomic E-state index is 0.0610. The lowest BCUT2D eigenvalue weighted by Crippen LogP contribution is -2.49. The molecule has 0 saturated heterocycles. The summed E-state index contributed by atoms with van der Waals surface area (Å²) in [5, 5.41) is 4.53. The van der Waals surface area contributed by atoms with Crippen molar-refractivity contribution >= 4 is 71.8 Å². The third-order valence-electron chi connectivity index (χ3n) is 5.17. The molecule has 3 aromatic carbocycles. The Morgan fingerprint density at radius 1 is 0.917 bits per heavy atom. The quantitative estimate of drug-likeness (QED) is 0.143. The second-order valence-electron chi connectivity index (χ2n) is 7.89. The standard InChI is InChI=1S/C26H27Br2N3O4S/c1-2-3-4-7-14-34-21-13-11-18(27)15-20(21)25(33)29-26(36)31-30-23(32)16-35-22-12-10-17-8-5-6-9-19(17)24(22)28/h5-6,8-13,15H,2-4,7,14,16H2,1H3,(H,30,32)(H2,29,31,33,36). The molecular weight excluding hydrogens is 610 g/mol. The van der Waals surface area contributed by atoms with Crippen molar-refractivity contribution in [3.05, 3.63) is 69.1 Å². The predicted octanol–water partition coefficient (Wildman–Crippen LogP) is 6.04. The monoisotopic (exact) mass is 635 g/mol. The zero-order chi connectivity index (χ0) is 25.9. The number of amides is 2. The van der Waals surface area contributed by atoms with Crippen LogP contribution in [0.5, 0.6) is 11.5 Å². The Morgan fingerprint density at radius 2 is 1.69 bits per heavy atom. The number of hydrogen-bond donors (Lipinski definition) is 3. The van der Waals surface area contributed by atoms with E-state index in [0.29, 0.717) is 23.7 Å². The number of ether oxygens (including phenoxy) is 2. The van der Waals surface area contributed by atoms with Crippen LogP contribution in [-0.4, -0.2) is 30.1 Å². The number of benzene rings is 3. The molecule has 0 bridgehead atoms. The molecule has 3 N–H and O–H groups in total. The van der Waals surface area contributed by atoms with Crippen LogP contribution in [0, 0.1) is 0 Å². The van der Waals surface area contributed by atoms with Gasteiger partial charge in [0.25, 0.3) is 11.8 Å². The van der Waals surface area contributed by atoms with Crippen molar-refractivity contribution in [3.63, 3.8) is 0 Å². The first-order valence-corrected chi connectivity index (χ1v) is 13.5. The summed E-state index contributed by atoms with van der Waals surface area (Å²) >= 11 is 12.1. The first kappa shape index (κ1) is 27.9. The molecule has 0 unspecified atom stereocenters. The number of hydrogen-bond acceptors (Lipinski definition) is 5. The van der Waals surface area contributed by atoms with E-state index in [9.17, 15) is 9.59 Å². The van der Waals surface area contributed by atoms with Crippen molar-refractivity contribution in [1.82, 2.24) is 16.2 Å². The zero-order valence-electron chi connectivity index (χ0n) is 19.7. The summed E-state index contributed by atoms with van der Waals surface area (Å²) < 4.78 is 12.9. The Labute approximate surface area is 232 Å². The molecule has 0 aliphatic heterocycles. The van der Waals surface area contributed by atoms with Crippen LogP contribution in [-0.2, 0) is 4.79 Å². The summed E-state index contributed by atoms with van der Waals surface area (Å²) in [6.45, 7) is 2.42. The van der Waals surface area contributed by atoms with Gasteiger partial charge in [-0.15, -0.1) is 0 Å². The van der Waals surface area contributed by atoms with Crippen LogP contribution in [0.4, 0.5) is 0 Å². The van der Waals surface area contributed by atoms with Gasteiger partial charge >= 0.3 is 0 Å². The third-order valence-corrected chi connectivity index (χ3v) is 6.69. The van der Waals surface area contributed by atoms with Gasteiger partial charge < -0.3 is 9.47 Å². The molecule has 0 aliphatic rings. The maximum absolute atomic E-state index is 12.8. The summed E-state index contributed by atoms with van der Waals surface area (Å²) in [5.41, 5.74) is 5.27. The largest absolute Gasteiger partial charge is 0.493 e. The maximum Gasteiger partial charge on any atom is 0.276 e. The summed E-state index contributed by atoms with van der Waals surface area (Å²) in [5.74, 6) is 0.0816. The predicted molar refractivity (Wildman–Crippen MR) is 152 cm³/mol. The molecule has 0 saturated carbocycles. The smallest absolute Gasteiger partial charge is 0.276 e. The highest BCUT2D eigenvalue weighted by Gasteiger charge is 2.15. The fourth-order valence-electron chi connectivity index (χ4n) is 3.35. The van der Waals surface area contributed by atoms with Gasteiger partial charge in [0.15, 0.2) is 11.7 Å². The molecule has 0 fully saturated rings. The van der Waals surface area contributed by atoms with E-state index in [1.165, 1.54) is 0 Å². The third kappa shape index (κ3) is 8.18. The minimum Gasteiger partial charge on any atom is -0.493 e. The van der Waals surface area contributed by atoms with Crippen LogP contribution in [0.2, 0.25) is 0 Å². The van der Waals surface area contributed by atoms with Crippen molar-refractivity contribution in [1.29, 1.82) is 0 Å². The van der Waals surface area contributed by atoms with E-state index in [1.54, 1.807) is 18.2 Å². The summed E-state index contributed by atoms with van der Waals surface area (Å²) in [6.07, 6.45) is 4.27. The molecule has 0 heterocycles. The van der Waals surface area contributed by atoms with E-state index in [1.807, 2.05) is 36.4 Å². The molecule has 3 aromatic rings. The molecule has 10 heteroatoms. The zero-order valence-corrected chi connectivity index (χ0v) is 23.7. The molecule has 0 spiro atoms. The average Bonchev–Trinajstić information content (AvgIpc) is 2.87. The molecule has 0 aliphatic carbocycles. The first-order valence-electron chi connectivity index (χ1n) is 11.5. The topological polar surface area (TPSA) is 88.7 Å². The van der Waals surface area contributed by atoms with Gasteiger partial charge in [0, 0.05) is 4.47 Å². The Bertz CT molecular complexity index is 1240. The Morgan fingerprint density at radius 3 is 2.50 bits per heavy atom. The highest BCUT2D eigenvalue weighted by molar-refractivity contribution is 9.11. The fourth-order valence-corrected chi connectivity index (χ4v) is 4.46.